The molecule has 19 heavy (non-hydrogen) atoms. The Morgan fingerprint density at radius 3 is 2.74 bits per heavy atom. The highest BCUT2D eigenvalue weighted by molar-refractivity contribution is 7.99. The number of aromatic nitrogens is 2. The van der Waals surface area contributed by atoms with Crippen LogP contribution >= 0.6 is 11.8 Å². The molecular formula is C13H18N2O3S. The van der Waals surface area contributed by atoms with Crippen molar-refractivity contribution in [2.24, 2.45) is 0 Å². The number of thioether (sulfide) groups is 1. The van der Waals surface area contributed by atoms with Gasteiger partial charge in [-0.05, 0) is 18.8 Å². The van der Waals surface area contributed by atoms with E-state index in [2.05, 4.69) is 4.98 Å². The minimum atomic E-state index is -0.513. The summed E-state index contributed by atoms with van der Waals surface area (Å²) in [5.41, 5.74) is 0.291. The Morgan fingerprint density at radius 1 is 1.26 bits per heavy atom. The van der Waals surface area contributed by atoms with Gasteiger partial charge >= 0.3 is 0 Å². The van der Waals surface area contributed by atoms with Crippen molar-refractivity contribution in [1.82, 2.24) is 9.55 Å². The van der Waals surface area contributed by atoms with Gasteiger partial charge in [-0.2, -0.15) is 4.98 Å². The van der Waals surface area contributed by atoms with Gasteiger partial charge in [0.15, 0.2) is 5.16 Å². The second kappa shape index (κ2) is 5.17. The maximum absolute atomic E-state index is 12.5. The van der Waals surface area contributed by atoms with Gasteiger partial charge in [-0.3, -0.25) is 9.36 Å². The first-order chi connectivity index (χ1) is 9.16. The van der Waals surface area contributed by atoms with Crippen molar-refractivity contribution < 1.29 is 10.2 Å². The van der Waals surface area contributed by atoms with Crippen LogP contribution in [-0.2, 0) is 6.54 Å². The second-order valence-corrected chi connectivity index (χ2v) is 6.33. The van der Waals surface area contributed by atoms with Crippen LogP contribution in [0.4, 0.5) is 0 Å². The Morgan fingerprint density at radius 2 is 2.00 bits per heavy atom. The molecule has 1 fully saturated rings. The number of fused-ring (bicyclic) bond motifs is 1. The van der Waals surface area contributed by atoms with E-state index in [0.717, 1.165) is 25.7 Å². The molecule has 0 radical (unpaired) electrons. The molecule has 0 aromatic carbocycles. The van der Waals surface area contributed by atoms with Crippen LogP contribution < -0.4 is 5.56 Å². The maximum Gasteiger partial charge on any atom is 0.261 e. The third-order valence-electron chi connectivity index (χ3n) is 3.96. The number of aromatic hydroxyl groups is 1. The Kier molecular flexibility index (Phi) is 3.54. The zero-order valence-corrected chi connectivity index (χ0v) is 11.5. The van der Waals surface area contributed by atoms with E-state index in [9.17, 15) is 15.0 Å². The third kappa shape index (κ3) is 2.39. The molecule has 2 aliphatic rings. The molecule has 1 saturated carbocycles. The quantitative estimate of drug-likeness (QED) is 0.763. The summed E-state index contributed by atoms with van der Waals surface area (Å²) < 4.78 is 1.52. The Balaban J connectivity index is 2.05. The highest BCUT2D eigenvalue weighted by atomic mass is 32.2. The van der Waals surface area contributed by atoms with E-state index in [4.69, 9.17) is 0 Å². The monoisotopic (exact) mass is 282 g/mol. The first-order valence-electron chi connectivity index (χ1n) is 6.81. The minimum absolute atomic E-state index is 0.105. The third-order valence-corrected chi connectivity index (χ3v) is 5.08. The Hall–Kier alpha value is -1.01. The average Bonchev–Trinajstić information content (AvgIpc) is 2.41. The lowest BCUT2D eigenvalue weighted by atomic mass is 9.85. The summed E-state index contributed by atoms with van der Waals surface area (Å²) in [4.78, 5) is 16.7. The second-order valence-electron chi connectivity index (χ2n) is 5.35. The van der Waals surface area contributed by atoms with Gasteiger partial charge in [0.1, 0.15) is 0 Å². The molecule has 0 amide bonds. The smallest absolute Gasteiger partial charge is 0.261 e. The lowest BCUT2D eigenvalue weighted by molar-refractivity contribution is 0.166. The van der Waals surface area contributed by atoms with Gasteiger partial charge in [0, 0.05) is 5.75 Å². The van der Waals surface area contributed by atoms with E-state index in [-0.39, 0.29) is 23.9 Å². The SMILES string of the molecule is O=c1c(C2CCCCC2)c(O)nc2n1C[C@@H](O)CS2. The van der Waals surface area contributed by atoms with Gasteiger partial charge in [0.05, 0.1) is 18.2 Å². The first-order valence-corrected chi connectivity index (χ1v) is 7.80. The normalized spacial score (nSPS) is 24.2. The fraction of sp³-hybridized carbons (Fsp3) is 0.692. The molecule has 1 aromatic heterocycles. The number of nitrogens with zero attached hydrogens (tertiary/aromatic N) is 2. The predicted molar refractivity (Wildman–Crippen MR) is 72.7 cm³/mol. The van der Waals surface area contributed by atoms with E-state index in [0.29, 0.717) is 16.5 Å². The summed E-state index contributed by atoms with van der Waals surface area (Å²) in [6.45, 7) is 0.286. The Labute approximate surface area is 115 Å². The molecule has 0 unspecified atom stereocenters. The van der Waals surface area contributed by atoms with E-state index in [1.807, 2.05) is 0 Å². The van der Waals surface area contributed by atoms with Gasteiger partial charge in [-0.15, -0.1) is 0 Å². The summed E-state index contributed by atoms with van der Waals surface area (Å²) in [5, 5.41) is 20.3. The van der Waals surface area contributed by atoms with Crippen molar-refractivity contribution in [3.63, 3.8) is 0 Å². The molecule has 1 atom stereocenters. The molecule has 1 aliphatic carbocycles. The summed E-state index contributed by atoms with van der Waals surface area (Å²) >= 11 is 1.32. The summed E-state index contributed by atoms with van der Waals surface area (Å²) in [6, 6.07) is 0. The van der Waals surface area contributed by atoms with E-state index in [1.165, 1.54) is 22.7 Å². The van der Waals surface area contributed by atoms with Crippen LogP contribution in [0.1, 0.15) is 43.6 Å². The fourth-order valence-corrected chi connectivity index (χ4v) is 3.90. The summed E-state index contributed by atoms with van der Waals surface area (Å²) in [7, 11) is 0. The molecule has 6 heteroatoms. The van der Waals surface area contributed by atoms with Crippen LogP contribution in [0.3, 0.4) is 0 Å². The van der Waals surface area contributed by atoms with Gasteiger partial charge in [-0.1, -0.05) is 31.0 Å². The zero-order chi connectivity index (χ0) is 13.4. The molecule has 104 valence electrons. The van der Waals surface area contributed by atoms with Crippen LogP contribution in [0, 0.1) is 0 Å². The highest BCUT2D eigenvalue weighted by Gasteiger charge is 2.28. The number of hydrogen-bond donors (Lipinski definition) is 2. The first kappa shape index (κ1) is 13.0. The van der Waals surface area contributed by atoms with Gasteiger partial charge in [0.25, 0.3) is 5.56 Å². The largest absolute Gasteiger partial charge is 0.493 e. The van der Waals surface area contributed by atoms with Crippen molar-refractivity contribution in [1.29, 1.82) is 0 Å². The molecule has 1 aliphatic heterocycles. The van der Waals surface area contributed by atoms with Crippen molar-refractivity contribution in [3.8, 4) is 5.88 Å². The minimum Gasteiger partial charge on any atom is -0.493 e. The number of aliphatic hydroxyl groups excluding tert-OH is 1. The van der Waals surface area contributed by atoms with E-state index in [1.54, 1.807) is 0 Å². The number of aliphatic hydroxyl groups is 1. The topological polar surface area (TPSA) is 75.3 Å². The van der Waals surface area contributed by atoms with Crippen molar-refractivity contribution in [2.45, 2.75) is 55.8 Å². The van der Waals surface area contributed by atoms with Gasteiger partial charge in [0.2, 0.25) is 5.88 Å². The van der Waals surface area contributed by atoms with Crippen LogP contribution in [0.15, 0.2) is 9.95 Å². The molecule has 2 heterocycles. The van der Waals surface area contributed by atoms with Crippen LogP contribution in [-0.4, -0.2) is 31.6 Å². The van der Waals surface area contributed by atoms with Crippen molar-refractivity contribution >= 4 is 11.8 Å². The van der Waals surface area contributed by atoms with Crippen LogP contribution in [0.2, 0.25) is 0 Å². The lowest BCUT2D eigenvalue weighted by Gasteiger charge is -2.26. The van der Waals surface area contributed by atoms with Crippen molar-refractivity contribution in [2.75, 3.05) is 5.75 Å². The summed E-state index contributed by atoms with van der Waals surface area (Å²) in [5.74, 6) is 0.539. The molecule has 5 nitrogen and oxygen atoms in total. The van der Waals surface area contributed by atoms with E-state index < -0.39 is 6.10 Å². The van der Waals surface area contributed by atoms with Crippen LogP contribution in [0.25, 0.3) is 0 Å². The van der Waals surface area contributed by atoms with E-state index >= 15 is 0 Å². The maximum atomic E-state index is 12.5. The molecule has 0 saturated heterocycles. The fourth-order valence-electron chi connectivity index (χ4n) is 2.99. The highest BCUT2D eigenvalue weighted by Crippen LogP contribution is 2.35. The van der Waals surface area contributed by atoms with Crippen LogP contribution in [0.5, 0.6) is 5.88 Å². The lowest BCUT2D eigenvalue weighted by Crippen LogP contribution is -2.36. The number of hydrogen-bond acceptors (Lipinski definition) is 5. The molecule has 3 rings (SSSR count). The zero-order valence-electron chi connectivity index (χ0n) is 10.7. The van der Waals surface area contributed by atoms with Crippen molar-refractivity contribution in [3.05, 3.63) is 15.9 Å². The molecule has 1 aromatic rings. The Bertz CT molecular complexity index is 537. The van der Waals surface area contributed by atoms with Gasteiger partial charge in [-0.25, -0.2) is 0 Å². The average molecular weight is 282 g/mol. The molecule has 0 bridgehead atoms. The number of rotatable bonds is 1. The molecule has 0 spiro atoms. The van der Waals surface area contributed by atoms with Gasteiger partial charge < -0.3 is 10.2 Å². The standard InChI is InChI=1S/C13H18N2O3S/c16-9-6-15-12(18)10(8-4-2-1-3-5-8)11(17)14-13(15)19-7-9/h8-9,16-17H,1-7H2/t9-/m1/s1. The molecule has 2 N–H and O–H groups in total. The molecular weight excluding hydrogens is 264 g/mol. The summed E-state index contributed by atoms with van der Waals surface area (Å²) in [6.07, 6.45) is 4.77. The predicted octanol–water partition coefficient (Wildman–Crippen LogP) is 1.46.